The summed E-state index contributed by atoms with van der Waals surface area (Å²) in [6, 6.07) is 10.4. The van der Waals surface area contributed by atoms with Gasteiger partial charge in [0.25, 0.3) is 0 Å². The maximum atomic E-state index is 11.9. The number of hydrogen-bond donors (Lipinski definition) is 1. The first kappa shape index (κ1) is 15.1. The average Bonchev–Trinajstić information content (AvgIpc) is 2.48. The van der Waals surface area contributed by atoms with Crippen LogP contribution in [0.25, 0.3) is 0 Å². The Bertz CT molecular complexity index is 639. The van der Waals surface area contributed by atoms with Crippen molar-refractivity contribution in [3.8, 4) is 0 Å². The molecule has 1 N–H and O–H groups in total. The minimum Gasteiger partial charge on any atom is -0.309 e. The summed E-state index contributed by atoms with van der Waals surface area (Å²) in [5, 5.41) is 10.1. The Morgan fingerprint density at radius 2 is 1.76 bits per heavy atom. The first-order chi connectivity index (χ1) is 10.0. The Kier molecular flexibility index (Phi) is 5.00. The van der Waals surface area contributed by atoms with E-state index >= 15 is 0 Å². The van der Waals surface area contributed by atoms with E-state index in [2.05, 4.69) is 15.5 Å². The molecule has 0 saturated heterocycles. The van der Waals surface area contributed by atoms with Crippen LogP contribution in [0.5, 0.6) is 0 Å². The summed E-state index contributed by atoms with van der Waals surface area (Å²) in [5.41, 5.74) is 1.70. The zero-order valence-corrected chi connectivity index (χ0v) is 12.2. The number of amides is 1. The number of benzene rings is 1. The minimum absolute atomic E-state index is 0.0626. The van der Waals surface area contributed by atoms with E-state index in [1.807, 2.05) is 19.1 Å². The third-order valence-electron chi connectivity index (χ3n) is 2.85. The number of Topliss-reactive ketones (excluding diaryl/α,β-unsaturated/α-hetero) is 1. The maximum Gasteiger partial charge on any atom is 0.226 e. The van der Waals surface area contributed by atoms with Gasteiger partial charge in [-0.25, -0.2) is 0 Å². The molecule has 0 aliphatic rings. The molecule has 0 aliphatic heterocycles. The second kappa shape index (κ2) is 6.95. The Morgan fingerprint density at radius 3 is 2.38 bits per heavy atom. The molecule has 6 heteroatoms. The highest BCUT2D eigenvalue weighted by Gasteiger charge is 2.10. The molecule has 0 aliphatic carbocycles. The predicted octanol–water partition coefficient (Wildman–Crippen LogP) is 3.04. The molecular weight excluding hydrogens is 290 g/mol. The standard InChI is InChI=1S/C15H14ClN3O2/c1-10-2-4-11(5-3-10)12(20)6-9-15(21)17-14-8-7-13(16)18-19-14/h2-5,7-8H,6,9H2,1H3,(H,17,19,21). The van der Waals surface area contributed by atoms with Gasteiger partial charge in [0.15, 0.2) is 16.8 Å². The van der Waals surface area contributed by atoms with Crippen LogP contribution in [-0.4, -0.2) is 21.9 Å². The van der Waals surface area contributed by atoms with Crippen molar-refractivity contribution in [1.82, 2.24) is 10.2 Å². The summed E-state index contributed by atoms with van der Waals surface area (Å²) < 4.78 is 0. The van der Waals surface area contributed by atoms with Crippen LogP contribution in [0.2, 0.25) is 5.15 Å². The van der Waals surface area contributed by atoms with Gasteiger partial charge in [-0.15, -0.1) is 10.2 Å². The van der Waals surface area contributed by atoms with Crippen LogP contribution in [0.3, 0.4) is 0 Å². The number of carbonyl (C=O) groups excluding carboxylic acids is 2. The highest BCUT2D eigenvalue weighted by Crippen LogP contribution is 2.09. The van der Waals surface area contributed by atoms with Crippen LogP contribution >= 0.6 is 11.6 Å². The number of halogens is 1. The van der Waals surface area contributed by atoms with Crippen LogP contribution in [-0.2, 0) is 4.79 Å². The van der Waals surface area contributed by atoms with Gasteiger partial charge in [-0.05, 0) is 19.1 Å². The van der Waals surface area contributed by atoms with E-state index in [-0.39, 0.29) is 29.7 Å². The lowest BCUT2D eigenvalue weighted by Gasteiger charge is -2.04. The molecule has 1 amide bonds. The fraction of sp³-hybridized carbons (Fsp3) is 0.200. The van der Waals surface area contributed by atoms with E-state index in [9.17, 15) is 9.59 Å². The second-order valence-corrected chi connectivity index (χ2v) is 4.97. The van der Waals surface area contributed by atoms with Crippen molar-refractivity contribution in [2.24, 2.45) is 0 Å². The molecule has 2 aromatic rings. The molecule has 0 bridgehead atoms. The van der Waals surface area contributed by atoms with Gasteiger partial charge in [-0.1, -0.05) is 41.4 Å². The van der Waals surface area contributed by atoms with Gasteiger partial charge in [0, 0.05) is 18.4 Å². The molecule has 0 atom stereocenters. The summed E-state index contributed by atoms with van der Waals surface area (Å²) in [5.74, 6) is -0.0355. The summed E-state index contributed by atoms with van der Waals surface area (Å²) >= 11 is 5.60. The van der Waals surface area contributed by atoms with Gasteiger partial charge < -0.3 is 5.32 Å². The number of aryl methyl sites for hydroxylation is 1. The van der Waals surface area contributed by atoms with Crippen LogP contribution in [0.4, 0.5) is 5.82 Å². The minimum atomic E-state index is -0.285. The lowest BCUT2D eigenvalue weighted by atomic mass is 10.1. The van der Waals surface area contributed by atoms with Gasteiger partial charge >= 0.3 is 0 Å². The van der Waals surface area contributed by atoms with E-state index in [0.717, 1.165) is 5.56 Å². The van der Waals surface area contributed by atoms with E-state index in [4.69, 9.17) is 11.6 Å². The van der Waals surface area contributed by atoms with Crippen molar-refractivity contribution in [2.75, 3.05) is 5.32 Å². The van der Waals surface area contributed by atoms with Crippen molar-refractivity contribution in [3.63, 3.8) is 0 Å². The van der Waals surface area contributed by atoms with Gasteiger partial charge in [0.1, 0.15) is 0 Å². The third-order valence-corrected chi connectivity index (χ3v) is 3.05. The predicted molar refractivity (Wildman–Crippen MR) is 80.4 cm³/mol. The Labute approximate surface area is 127 Å². The number of nitrogens with zero attached hydrogens (tertiary/aromatic N) is 2. The largest absolute Gasteiger partial charge is 0.309 e. The second-order valence-electron chi connectivity index (χ2n) is 4.58. The van der Waals surface area contributed by atoms with E-state index in [0.29, 0.717) is 11.4 Å². The zero-order valence-electron chi connectivity index (χ0n) is 11.5. The summed E-state index contributed by atoms with van der Waals surface area (Å²) in [4.78, 5) is 23.7. The maximum absolute atomic E-state index is 11.9. The molecule has 5 nitrogen and oxygen atoms in total. The molecule has 0 fully saturated rings. The third kappa shape index (κ3) is 4.65. The number of rotatable bonds is 5. The molecule has 0 saturated carbocycles. The number of ketones is 1. The molecule has 1 aromatic heterocycles. The first-order valence-corrected chi connectivity index (χ1v) is 6.81. The topological polar surface area (TPSA) is 72.0 Å². The number of anilines is 1. The summed E-state index contributed by atoms with van der Waals surface area (Å²) in [6.45, 7) is 1.95. The molecule has 108 valence electrons. The summed E-state index contributed by atoms with van der Waals surface area (Å²) in [7, 11) is 0. The molecule has 1 aromatic carbocycles. The van der Waals surface area contributed by atoms with Crippen molar-refractivity contribution in [3.05, 3.63) is 52.7 Å². The van der Waals surface area contributed by atoms with Crippen molar-refractivity contribution < 1.29 is 9.59 Å². The van der Waals surface area contributed by atoms with Gasteiger partial charge in [0.2, 0.25) is 5.91 Å². The molecule has 0 unspecified atom stereocenters. The van der Waals surface area contributed by atoms with Gasteiger partial charge in [-0.2, -0.15) is 0 Å². The zero-order chi connectivity index (χ0) is 15.2. The Hall–Kier alpha value is -2.27. The van der Waals surface area contributed by atoms with E-state index in [1.165, 1.54) is 6.07 Å². The van der Waals surface area contributed by atoms with Crippen molar-refractivity contribution in [2.45, 2.75) is 19.8 Å². The van der Waals surface area contributed by atoms with Crippen molar-refractivity contribution in [1.29, 1.82) is 0 Å². The normalized spacial score (nSPS) is 10.2. The monoisotopic (exact) mass is 303 g/mol. The van der Waals surface area contributed by atoms with E-state index < -0.39 is 0 Å². The number of carbonyl (C=O) groups is 2. The molecule has 2 rings (SSSR count). The molecule has 0 spiro atoms. The fourth-order valence-electron chi connectivity index (χ4n) is 1.70. The number of aromatic nitrogens is 2. The van der Waals surface area contributed by atoms with E-state index in [1.54, 1.807) is 18.2 Å². The van der Waals surface area contributed by atoms with Crippen LogP contribution in [0.15, 0.2) is 36.4 Å². The van der Waals surface area contributed by atoms with Gasteiger partial charge in [-0.3, -0.25) is 9.59 Å². The SMILES string of the molecule is Cc1ccc(C(=O)CCC(=O)Nc2ccc(Cl)nn2)cc1. The van der Waals surface area contributed by atoms with Crippen molar-refractivity contribution >= 4 is 29.1 Å². The van der Waals surface area contributed by atoms with Crippen LogP contribution in [0, 0.1) is 6.92 Å². The lowest BCUT2D eigenvalue weighted by Crippen LogP contribution is -2.14. The molecule has 21 heavy (non-hydrogen) atoms. The highest BCUT2D eigenvalue weighted by molar-refractivity contribution is 6.29. The molecular formula is C15H14ClN3O2. The molecule has 0 radical (unpaired) electrons. The fourth-order valence-corrected chi connectivity index (χ4v) is 1.80. The average molecular weight is 304 g/mol. The smallest absolute Gasteiger partial charge is 0.226 e. The molecule has 1 heterocycles. The lowest BCUT2D eigenvalue weighted by molar-refractivity contribution is -0.116. The Balaban J connectivity index is 1.84. The Morgan fingerprint density at radius 1 is 1.05 bits per heavy atom. The van der Waals surface area contributed by atoms with Crippen LogP contribution in [0.1, 0.15) is 28.8 Å². The number of nitrogens with one attached hydrogen (secondary N) is 1. The highest BCUT2D eigenvalue weighted by atomic mass is 35.5. The number of hydrogen-bond acceptors (Lipinski definition) is 4. The van der Waals surface area contributed by atoms with Gasteiger partial charge in [0.05, 0.1) is 0 Å². The van der Waals surface area contributed by atoms with Crippen LogP contribution < -0.4 is 5.32 Å². The quantitative estimate of drug-likeness (QED) is 0.862. The summed E-state index contributed by atoms with van der Waals surface area (Å²) in [6.07, 6.45) is 0.243. The first-order valence-electron chi connectivity index (χ1n) is 6.43.